The Hall–Kier alpha value is -2.25. The Balaban J connectivity index is 2.21. The van der Waals surface area contributed by atoms with E-state index in [1.165, 1.54) is 18.2 Å². The Morgan fingerprint density at radius 1 is 1.26 bits per heavy atom. The molecule has 0 bridgehead atoms. The van der Waals surface area contributed by atoms with Crippen molar-refractivity contribution in [2.24, 2.45) is 0 Å². The zero-order chi connectivity index (χ0) is 13.8. The van der Waals surface area contributed by atoms with Gasteiger partial charge in [0.15, 0.2) is 0 Å². The van der Waals surface area contributed by atoms with E-state index in [-0.39, 0.29) is 6.61 Å². The van der Waals surface area contributed by atoms with Crippen molar-refractivity contribution >= 4 is 17.3 Å². The van der Waals surface area contributed by atoms with Crippen molar-refractivity contribution in [3.63, 3.8) is 0 Å². The van der Waals surface area contributed by atoms with Gasteiger partial charge in [-0.25, -0.2) is 4.39 Å². The Bertz CT molecular complexity index is 652. The van der Waals surface area contributed by atoms with E-state index in [0.717, 1.165) is 0 Å². The first-order valence-corrected chi connectivity index (χ1v) is 5.84. The minimum absolute atomic E-state index is 0.0468. The summed E-state index contributed by atoms with van der Waals surface area (Å²) < 4.78 is 18.6. The number of nitrogens with two attached hydrogens (primary N) is 1. The normalized spacial score (nSPS) is 9.95. The zero-order valence-electron chi connectivity index (χ0n) is 9.86. The summed E-state index contributed by atoms with van der Waals surface area (Å²) >= 11 is 5.83. The molecule has 0 saturated carbocycles. The first kappa shape index (κ1) is 13.2. The van der Waals surface area contributed by atoms with Crippen molar-refractivity contribution in [2.75, 3.05) is 5.73 Å². The molecule has 0 aromatic heterocycles. The summed E-state index contributed by atoms with van der Waals surface area (Å²) in [6.45, 7) is 0.0468. The summed E-state index contributed by atoms with van der Waals surface area (Å²) in [6.07, 6.45) is 0. The number of hydrogen-bond donors (Lipinski definition) is 1. The zero-order valence-corrected chi connectivity index (χ0v) is 10.6. The van der Waals surface area contributed by atoms with Crippen LogP contribution in [0.5, 0.6) is 5.75 Å². The molecule has 0 unspecified atom stereocenters. The van der Waals surface area contributed by atoms with E-state index in [9.17, 15) is 4.39 Å². The van der Waals surface area contributed by atoms with Crippen LogP contribution in [0.2, 0.25) is 5.02 Å². The molecule has 2 aromatic carbocycles. The Labute approximate surface area is 115 Å². The van der Waals surface area contributed by atoms with Gasteiger partial charge in [-0.1, -0.05) is 11.6 Å². The highest BCUT2D eigenvalue weighted by Gasteiger charge is 2.07. The summed E-state index contributed by atoms with van der Waals surface area (Å²) in [5.41, 5.74) is 6.98. The van der Waals surface area contributed by atoms with Crippen LogP contribution in [0.1, 0.15) is 11.1 Å². The van der Waals surface area contributed by atoms with Gasteiger partial charge in [0, 0.05) is 16.7 Å². The molecule has 0 spiro atoms. The number of ether oxygens (including phenoxy) is 1. The average Bonchev–Trinajstić information content (AvgIpc) is 2.40. The van der Waals surface area contributed by atoms with Gasteiger partial charge in [-0.15, -0.1) is 0 Å². The van der Waals surface area contributed by atoms with E-state index in [1.54, 1.807) is 18.2 Å². The van der Waals surface area contributed by atoms with Crippen LogP contribution in [0, 0.1) is 17.1 Å². The molecule has 3 nitrogen and oxygen atoms in total. The maximum Gasteiger partial charge on any atom is 0.144 e. The van der Waals surface area contributed by atoms with Gasteiger partial charge in [-0.05, 0) is 30.3 Å². The van der Waals surface area contributed by atoms with Crippen molar-refractivity contribution in [1.82, 2.24) is 0 Å². The second-order valence-electron chi connectivity index (χ2n) is 3.88. The van der Waals surface area contributed by atoms with Gasteiger partial charge >= 0.3 is 0 Å². The van der Waals surface area contributed by atoms with Crippen molar-refractivity contribution in [3.8, 4) is 11.8 Å². The Morgan fingerprint density at radius 2 is 2.05 bits per heavy atom. The molecule has 0 saturated heterocycles. The molecule has 0 amide bonds. The summed E-state index contributed by atoms with van der Waals surface area (Å²) in [5, 5.41) is 9.42. The van der Waals surface area contributed by atoms with E-state index in [2.05, 4.69) is 0 Å². The van der Waals surface area contributed by atoms with Crippen LogP contribution in [0.25, 0.3) is 0 Å². The fourth-order valence-electron chi connectivity index (χ4n) is 1.58. The lowest BCUT2D eigenvalue weighted by atomic mass is 10.1. The second kappa shape index (κ2) is 5.59. The van der Waals surface area contributed by atoms with E-state index in [1.807, 2.05) is 6.07 Å². The summed E-state index contributed by atoms with van der Waals surface area (Å²) in [6, 6.07) is 10.7. The monoisotopic (exact) mass is 276 g/mol. The van der Waals surface area contributed by atoms with Gasteiger partial charge in [-0.3, -0.25) is 0 Å². The van der Waals surface area contributed by atoms with Gasteiger partial charge in [0.05, 0.1) is 17.3 Å². The molecule has 0 fully saturated rings. The number of nitrogens with zero attached hydrogens (tertiary/aromatic N) is 1. The van der Waals surface area contributed by atoms with E-state index in [4.69, 9.17) is 27.3 Å². The van der Waals surface area contributed by atoms with Gasteiger partial charge in [0.1, 0.15) is 18.2 Å². The van der Waals surface area contributed by atoms with Gasteiger partial charge in [-0.2, -0.15) is 5.26 Å². The molecule has 0 aliphatic rings. The molecule has 0 aliphatic carbocycles. The van der Waals surface area contributed by atoms with Crippen LogP contribution in [-0.2, 0) is 6.61 Å². The van der Waals surface area contributed by atoms with E-state index < -0.39 is 5.82 Å². The third-order valence-corrected chi connectivity index (χ3v) is 2.78. The first-order chi connectivity index (χ1) is 9.10. The van der Waals surface area contributed by atoms with Gasteiger partial charge < -0.3 is 10.5 Å². The highest BCUT2D eigenvalue weighted by atomic mass is 35.5. The van der Waals surface area contributed by atoms with Crippen molar-refractivity contribution < 1.29 is 9.13 Å². The molecule has 96 valence electrons. The summed E-state index contributed by atoms with van der Waals surface area (Å²) in [5.74, 6) is -0.0164. The van der Waals surface area contributed by atoms with Crippen molar-refractivity contribution in [3.05, 3.63) is 58.4 Å². The maximum absolute atomic E-state index is 13.1. The number of nitrogen functional groups attached to an aromatic ring is 1. The Morgan fingerprint density at radius 3 is 2.79 bits per heavy atom. The molecule has 2 rings (SSSR count). The minimum Gasteiger partial charge on any atom is -0.487 e. The Kier molecular flexibility index (Phi) is 3.88. The third kappa shape index (κ3) is 3.15. The molecule has 0 aliphatic heterocycles. The molecular weight excluding hydrogens is 267 g/mol. The lowest BCUT2D eigenvalue weighted by molar-refractivity contribution is 0.307. The van der Waals surface area contributed by atoms with Crippen LogP contribution in [0.3, 0.4) is 0 Å². The second-order valence-corrected chi connectivity index (χ2v) is 4.32. The molecular formula is C14H10ClFN2O. The number of benzene rings is 2. The molecule has 0 radical (unpaired) electrons. The van der Waals surface area contributed by atoms with Crippen molar-refractivity contribution in [1.29, 1.82) is 5.26 Å². The van der Waals surface area contributed by atoms with E-state index in [0.29, 0.717) is 27.6 Å². The highest BCUT2D eigenvalue weighted by Crippen LogP contribution is 2.26. The average molecular weight is 277 g/mol. The van der Waals surface area contributed by atoms with Crippen LogP contribution >= 0.6 is 11.6 Å². The number of hydrogen-bond acceptors (Lipinski definition) is 3. The third-order valence-electron chi connectivity index (χ3n) is 2.55. The molecule has 2 N–H and O–H groups in total. The smallest absolute Gasteiger partial charge is 0.144 e. The maximum atomic E-state index is 13.1. The van der Waals surface area contributed by atoms with Crippen LogP contribution in [0.15, 0.2) is 36.4 Å². The lowest BCUT2D eigenvalue weighted by Crippen LogP contribution is -2.01. The first-order valence-electron chi connectivity index (χ1n) is 5.46. The van der Waals surface area contributed by atoms with Crippen LogP contribution in [0.4, 0.5) is 10.1 Å². The fourth-order valence-corrected chi connectivity index (χ4v) is 1.74. The lowest BCUT2D eigenvalue weighted by Gasteiger charge is -2.10. The minimum atomic E-state index is -0.420. The molecule has 5 heteroatoms. The SMILES string of the molecule is N#Cc1ccc(F)cc1COc1cc(Cl)ccc1N. The molecule has 0 atom stereocenters. The van der Waals surface area contributed by atoms with E-state index >= 15 is 0 Å². The molecule has 0 heterocycles. The van der Waals surface area contributed by atoms with Gasteiger partial charge in [0.2, 0.25) is 0 Å². The van der Waals surface area contributed by atoms with Crippen LogP contribution < -0.4 is 10.5 Å². The van der Waals surface area contributed by atoms with Gasteiger partial charge in [0.25, 0.3) is 0 Å². The molecule has 2 aromatic rings. The number of anilines is 1. The number of rotatable bonds is 3. The standard InChI is InChI=1S/C14H10ClFN2O/c15-11-2-4-13(18)14(6-11)19-8-10-5-12(16)3-1-9(10)7-17/h1-6H,8,18H2. The van der Waals surface area contributed by atoms with Crippen LogP contribution in [-0.4, -0.2) is 0 Å². The largest absolute Gasteiger partial charge is 0.487 e. The molecule has 19 heavy (non-hydrogen) atoms. The summed E-state index contributed by atoms with van der Waals surface area (Å²) in [4.78, 5) is 0. The highest BCUT2D eigenvalue weighted by molar-refractivity contribution is 6.30. The number of halogens is 2. The topological polar surface area (TPSA) is 59.0 Å². The van der Waals surface area contributed by atoms with Crippen molar-refractivity contribution in [2.45, 2.75) is 6.61 Å². The predicted octanol–water partition coefficient (Wildman–Crippen LogP) is 3.51. The fraction of sp³-hybridized carbons (Fsp3) is 0.0714. The predicted molar refractivity (Wildman–Crippen MR) is 71.3 cm³/mol. The number of nitriles is 1. The summed E-state index contributed by atoms with van der Waals surface area (Å²) in [7, 11) is 0. The quantitative estimate of drug-likeness (QED) is 0.873.